The molecule has 0 aliphatic heterocycles. The van der Waals surface area contributed by atoms with Crippen molar-refractivity contribution in [3.63, 3.8) is 0 Å². The van der Waals surface area contributed by atoms with E-state index in [1.165, 1.54) is 30.6 Å². The maximum absolute atomic E-state index is 13.2. The molecule has 2 aromatic carbocycles. The highest BCUT2D eigenvalue weighted by Crippen LogP contribution is 2.36. The van der Waals surface area contributed by atoms with Gasteiger partial charge in [0, 0.05) is 4.90 Å². The van der Waals surface area contributed by atoms with Crippen LogP contribution >= 0.6 is 23.1 Å². The van der Waals surface area contributed by atoms with E-state index in [9.17, 15) is 4.79 Å². The van der Waals surface area contributed by atoms with Crippen molar-refractivity contribution in [1.82, 2.24) is 4.98 Å². The number of hydrogen-bond donors (Lipinski definition) is 1. The Bertz CT molecular complexity index is 880. The monoisotopic (exact) mass is 396 g/mol. The molecule has 1 unspecified atom stereocenters. The van der Waals surface area contributed by atoms with Crippen LogP contribution in [0.5, 0.6) is 0 Å². The number of hydrogen-bond acceptors (Lipinski definition) is 4. The molecule has 1 atom stereocenters. The number of nitrogens with zero attached hydrogens (tertiary/aromatic N) is 1. The van der Waals surface area contributed by atoms with Gasteiger partial charge in [0.25, 0.3) is 0 Å². The smallest absolute Gasteiger partial charge is 0.233 e. The van der Waals surface area contributed by atoms with Crippen LogP contribution in [0.3, 0.4) is 0 Å². The molecule has 1 aromatic heterocycles. The summed E-state index contributed by atoms with van der Waals surface area (Å²) in [5, 5.41) is 3.79. The van der Waals surface area contributed by atoms with Crippen LogP contribution in [0.15, 0.2) is 53.4 Å². The average molecular weight is 397 g/mol. The number of carbonyl (C=O) groups is 1. The van der Waals surface area contributed by atoms with Crippen LogP contribution in [0, 0.1) is 5.92 Å². The number of amides is 1. The van der Waals surface area contributed by atoms with Gasteiger partial charge in [-0.25, -0.2) is 4.98 Å². The molecule has 1 aliphatic carbocycles. The topological polar surface area (TPSA) is 42.0 Å². The van der Waals surface area contributed by atoms with Crippen molar-refractivity contribution in [3.8, 4) is 0 Å². The van der Waals surface area contributed by atoms with Gasteiger partial charge in [0.05, 0.1) is 16.1 Å². The molecule has 1 amide bonds. The Kier molecular flexibility index (Phi) is 5.79. The molecule has 4 rings (SSSR count). The summed E-state index contributed by atoms with van der Waals surface area (Å²) >= 11 is 3.27. The van der Waals surface area contributed by atoms with E-state index in [1.807, 2.05) is 24.3 Å². The van der Waals surface area contributed by atoms with Gasteiger partial charge < -0.3 is 5.32 Å². The van der Waals surface area contributed by atoms with E-state index in [1.54, 1.807) is 23.1 Å². The summed E-state index contributed by atoms with van der Waals surface area (Å²) in [6.45, 7) is 0. The quantitative estimate of drug-likeness (QED) is 0.496. The Hall–Kier alpha value is -1.85. The first-order valence-corrected chi connectivity index (χ1v) is 11.6. The van der Waals surface area contributed by atoms with E-state index in [0.29, 0.717) is 11.0 Å². The highest BCUT2D eigenvalue weighted by Gasteiger charge is 2.27. The number of para-hydroxylation sites is 1. The van der Waals surface area contributed by atoms with Gasteiger partial charge in [-0.15, -0.1) is 11.8 Å². The third-order valence-electron chi connectivity index (χ3n) is 5.40. The Labute approximate surface area is 168 Å². The van der Waals surface area contributed by atoms with Crippen molar-refractivity contribution in [2.75, 3.05) is 11.6 Å². The standard InChI is InChI=1S/C22H24N2OS2/c1-26-17-12-10-16(11-13-17)18(14-15-6-2-3-7-15)21(25)24-22-23-19-8-4-5-9-20(19)27-22/h4-5,8-13,15,18H,2-3,6-7,14H2,1H3,(H,23,24,25). The SMILES string of the molecule is CSc1ccc(C(CC2CCCC2)C(=O)Nc2nc3ccccc3s2)cc1. The zero-order valence-electron chi connectivity index (χ0n) is 15.5. The number of anilines is 1. The number of rotatable bonds is 6. The van der Waals surface area contributed by atoms with E-state index < -0.39 is 0 Å². The molecule has 0 radical (unpaired) electrons. The third-order valence-corrected chi connectivity index (χ3v) is 7.10. The van der Waals surface area contributed by atoms with Crippen molar-refractivity contribution in [2.24, 2.45) is 5.92 Å². The average Bonchev–Trinajstić information content (AvgIpc) is 3.35. The van der Waals surface area contributed by atoms with Gasteiger partial charge in [0.1, 0.15) is 0 Å². The first-order valence-electron chi connectivity index (χ1n) is 9.53. The fourth-order valence-electron chi connectivity index (χ4n) is 3.93. The van der Waals surface area contributed by atoms with E-state index in [2.05, 4.69) is 40.8 Å². The molecule has 3 nitrogen and oxygen atoms in total. The summed E-state index contributed by atoms with van der Waals surface area (Å²) in [4.78, 5) is 19.0. The van der Waals surface area contributed by atoms with Gasteiger partial charge in [-0.1, -0.05) is 61.3 Å². The van der Waals surface area contributed by atoms with E-state index >= 15 is 0 Å². The molecule has 1 N–H and O–H groups in total. The lowest BCUT2D eigenvalue weighted by Gasteiger charge is -2.20. The summed E-state index contributed by atoms with van der Waals surface area (Å²) in [7, 11) is 0. The van der Waals surface area contributed by atoms with Crippen LogP contribution in [0.25, 0.3) is 10.2 Å². The van der Waals surface area contributed by atoms with Gasteiger partial charge in [0.15, 0.2) is 5.13 Å². The van der Waals surface area contributed by atoms with Crippen molar-refractivity contribution in [2.45, 2.75) is 42.9 Å². The second-order valence-corrected chi connectivity index (χ2v) is 9.10. The van der Waals surface area contributed by atoms with E-state index in [-0.39, 0.29) is 11.8 Å². The van der Waals surface area contributed by atoms with Crippen LogP contribution in [-0.2, 0) is 4.79 Å². The maximum Gasteiger partial charge on any atom is 0.233 e. The fourth-order valence-corrected chi connectivity index (χ4v) is 5.21. The third kappa shape index (κ3) is 4.36. The van der Waals surface area contributed by atoms with Gasteiger partial charge in [-0.3, -0.25) is 4.79 Å². The van der Waals surface area contributed by atoms with Crippen molar-refractivity contribution in [1.29, 1.82) is 0 Å². The zero-order valence-corrected chi connectivity index (χ0v) is 17.1. The Morgan fingerprint density at radius 2 is 1.93 bits per heavy atom. The normalized spacial score (nSPS) is 15.9. The predicted octanol–water partition coefficient (Wildman–Crippen LogP) is 6.32. The minimum Gasteiger partial charge on any atom is -0.301 e. The molecule has 0 saturated heterocycles. The minimum absolute atomic E-state index is 0.0675. The summed E-state index contributed by atoms with van der Waals surface area (Å²) in [5.41, 5.74) is 2.05. The molecule has 1 fully saturated rings. The van der Waals surface area contributed by atoms with E-state index in [4.69, 9.17) is 0 Å². The van der Waals surface area contributed by atoms with Crippen molar-refractivity contribution in [3.05, 3.63) is 54.1 Å². The molecule has 27 heavy (non-hydrogen) atoms. The number of fused-ring (bicyclic) bond motifs is 1. The van der Waals surface area contributed by atoms with Crippen LogP contribution in [0.2, 0.25) is 0 Å². The summed E-state index contributed by atoms with van der Waals surface area (Å²) in [6.07, 6.45) is 8.08. The number of benzene rings is 2. The Balaban J connectivity index is 1.56. The molecular weight excluding hydrogens is 372 g/mol. The maximum atomic E-state index is 13.2. The summed E-state index contributed by atoms with van der Waals surface area (Å²) in [5.74, 6) is 0.602. The lowest BCUT2D eigenvalue weighted by Crippen LogP contribution is -2.23. The van der Waals surface area contributed by atoms with Gasteiger partial charge in [-0.05, 0) is 48.4 Å². The van der Waals surface area contributed by atoms with Crippen molar-refractivity contribution < 1.29 is 4.79 Å². The first-order chi connectivity index (χ1) is 13.2. The van der Waals surface area contributed by atoms with Gasteiger partial charge >= 0.3 is 0 Å². The van der Waals surface area contributed by atoms with Gasteiger partial charge in [0.2, 0.25) is 5.91 Å². The molecule has 3 aromatic rings. The predicted molar refractivity (Wildman–Crippen MR) is 116 cm³/mol. The molecule has 1 saturated carbocycles. The highest BCUT2D eigenvalue weighted by molar-refractivity contribution is 7.98. The zero-order chi connectivity index (χ0) is 18.6. The second kappa shape index (κ2) is 8.44. The number of carbonyl (C=O) groups excluding carboxylic acids is 1. The first kappa shape index (κ1) is 18.5. The Morgan fingerprint density at radius 3 is 2.63 bits per heavy atom. The molecule has 140 valence electrons. The van der Waals surface area contributed by atoms with E-state index in [0.717, 1.165) is 22.2 Å². The molecule has 0 bridgehead atoms. The molecule has 0 spiro atoms. The fraction of sp³-hybridized carbons (Fsp3) is 0.364. The van der Waals surface area contributed by atoms with Crippen LogP contribution in [-0.4, -0.2) is 17.1 Å². The number of aromatic nitrogens is 1. The molecule has 1 heterocycles. The molecule has 5 heteroatoms. The van der Waals surface area contributed by atoms with Crippen LogP contribution in [0.4, 0.5) is 5.13 Å². The highest BCUT2D eigenvalue weighted by atomic mass is 32.2. The largest absolute Gasteiger partial charge is 0.301 e. The lowest BCUT2D eigenvalue weighted by molar-refractivity contribution is -0.118. The lowest BCUT2D eigenvalue weighted by atomic mass is 9.87. The summed E-state index contributed by atoms with van der Waals surface area (Å²) < 4.78 is 1.10. The Morgan fingerprint density at radius 1 is 1.19 bits per heavy atom. The summed E-state index contributed by atoms with van der Waals surface area (Å²) in [6, 6.07) is 16.5. The van der Waals surface area contributed by atoms with Gasteiger partial charge in [-0.2, -0.15) is 0 Å². The number of thioether (sulfide) groups is 1. The molecular formula is C22H24N2OS2. The van der Waals surface area contributed by atoms with Crippen LogP contribution in [0.1, 0.15) is 43.6 Å². The number of thiazole rings is 1. The minimum atomic E-state index is -0.115. The molecule has 1 aliphatic rings. The second-order valence-electron chi connectivity index (χ2n) is 7.19. The van der Waals surface area contributed by atoms with Crippen LogP contribution < -0.4 is 5.32 Å². The number of nitrogens with one attached hydrogen (secondary N) is 1. The van der Waals surface area contributed by atoms with Crippen molar-refractivity contribution >= 4 is 44.4 Å².